The van der Waals surface area contributed by atoms with E-state index in [0.717, 1.165) is 11.0 Å². The average Bonchev–Trinajstić information content (AvgIpc) is 2.93. The first-order chi connectivity index (χ1) is 11.0. The number of carboxylic acids is 1. The smallest absolute Gasteiger partial charge is 0.320 e. The maximum atomic E-state index is 13.5. The largest absolute Gasteiger partial charge is 0.481 e. The molecule has 124 valence electrons. The third kappa shape index (κ3) is 2.93. The van der Waals surface area contributed by atoms with Crippen LogP contribution in [0.1, 0.15) is 38.2 Å². The zero-order chi connectivity index (χ0) is 16.6. The van der Waals surface area contributed by atoms with Crippen LogP contribution in [0, 0.1) is 5.92 Å². The standard InChI is InChI=1S/C16H19F2N3O2/c1-10(20-8-4-5-11(9-20)15(22)23)14-19-12-6-2-3-7-13(12)21(14)16(17)18/h2-3,6-7,10-11,16H,4-5,8-9H2,1H3,(H,22,23). The van der Waals surface area contributed by atoms with E-state index in [9.17, 15) is 18.7 Å². The molecule has 1 aromatic heterocycles. The van der Waals surface area contributed by atoms with Crippen LogP contribution in [0.3, 0.4) is 0 Å². The number of aromatic nitrogens is 2. The molecule has 3 rings (SSSR count). The second-order valence-electron chi connectivity index (χ2n) is 5.95. The summed E-state index contributed by atoms with van der Waals surface area (Å²) in [5, 5.41) is 9.20. The lowest BCUT2D eigenvalue weighted by molar-refractivity contribution is -0.144. The number of piperidine rings is 1. The fraction of sp³-hybridized carbons (Fsp3) is 0.500. The second-order valence-corrected chi connectivity index (χ2v) is 5.95. The van der Waals surface area contributed by atoms with E-state index in [2.05, 4.69) is 4.98 Å². The molecule has 2 aromatic rings. The van der Waals surface area contributed by atoms with Crippen molar-refractivity contribution in [2.24, 2.45) is 5.92 Å². The van der Waals surface area contributed by atoms with Gasteiger partial charge in [-0.15, -0.1) is 0 Å². The van der Waals surface area contributed by atoms with Crippen molar-refractivity contribution >= 4 is 17.0 Å². The van der Waals surface area contributed by atoms with Gasteiger partial charge in [0, 0.05) is 6.54 Å². The Bertz CT molecular complexity index is 716. The molecule has 1 aliphatic rings. The Labute approximate surface area is 132 Å². The van der Waals surface area contributed by atoms with E-state index in [4.69, 9.17) is 0 Å². The minimum atomic E-state index is -2.68. The van der Waals surface area contributed by atoms with E-state index in [1.165, 1.54) is 0 Å². The number of fused-ring (bicyclic) bond motifs is 1. The summed E-state index contributed by atoms with van der Waals surface area (Å²) in [4.78, 5) is 17.5. The summed E-state index contributed by atoms with van der Waals surface area (Å²) in [6.45, 7) is 0.185. The summed E-state index contributed by atoms with van der Waals surface area (Å²) in [5.74, 6) is -0.993. The van der Waals surface area contributed by atoms with Gasteiger partial charge in [-0.25, -0.2) is 4.98 Å². The lowest BCUT2D eigenvalue weighted by atomic mass is 9.97. The maximum absolute atomic E-state index is 13.5. The number of halogens is 2. The fourth-order valence-corrected chi connectivity index (χ4v) is 3.29. The molecule has 0 bridgehead atoms. The number of alkyl halides is 2. The molecule has 1 fully saturated rings. The van der Waals surface area contributed by atoms with Crippen molar-refractivity contribution in [2.45, 2.75) is 32.4 Å². The molecule has 1 aliphatic heterocycles. The number of rotatable bonds is 4. The van der Waals surface area contributed by atoms with Crippen LogP contribution in [0.5, 0.6) is 0 Å². The molecule has 0 spiro atoms. The molecular weight excluding hydrogens is 304 g/mol. The van der Waals surface area contributed by atoms with Crippen LogP contribution in [0.25, 0.3) is 11.0 Å². The highest BCUT2D eigenvalue weighted by Crippen LogP contribution is 2.31. The van der Waals surface area contributed by atoms with E-state index in [1.807, 2.05) is 11.8 Å². The second kappa shape index (κ2) is 6.23. The summed E-state index contributed by atoms with van der Waals surface area (Å²) < 4.78 is 28.0. The first kappa shape index (κ1) is 15.9. The Hall–Kier alpha value is -2.02. The number of likely N-dealkylation sites (tertiary alicyclic amines) is 1. The zero-order valence-electron chi connectivity index (χ0n) is 12.8. The first-order valence-corrected chi connectivity index (χ1v) is 7.71. The highest BCUT2D eigenvalue weighted by molar-refractivity contribution is 5.76. The van der Waals surface area contributed by atoms with Gasteiger partial charge in [0.05, 0.1) is 23.0 Å². The summed E-state index contributed by atoms with van der Waals surface area (Å²) in [6.07, 6.45) is 1.38. The number of para-hydroxylation sites is 2. The van der Waals surface area contributed by atoms with Crippen LogP contribution in [-0.4, -0.2) is 38.6 Å². The van der Waals surface area contributed by atoms with Gasteiger partial charge in [-0.05, 0) is 38.4 Å². The van der Waals surface area contributed by atoms with E-state index in [0.29, 0.717) is 30.5 Å². The van der Waals surface area contributed by atoms with Crippen LogP contribution < -0.4 is 0 Å². The van der Waals surface area contributed by atoms with Crippen molar-refractivity contribution in [3.05, 3.63) is 30.1 Å². The lowest BCUT2D eigenvalue weighted by Crippen LogP contribution is -2.40. The summed E-state index contributed by atoms with van der Waals surface area (Å²) in [7, 11) is 0. The zero-order valence-corrected chi connectivity index (χ0v) is 12.8. The molecule has 1 saturated heterocycles. The number of imidazole rings is 1. The Morgan fingerprint density at radius 2 is 2.13 bits per heavy atom. The Balaban J connectivity index is 1.95. The fourth-order valence-electron chi connectivity index (χ4n) is 3.29. The molecule has 0 amide bonds. The molecule has 5 nitrogen and oxygen atoms in total. The minimum absolute atomic E-state index is 0.284. The molecule has 2 unspecified atom stereocenters. The van der Waals surface area contributed by atoms with E-state index in [1.54, 1.807) is 24.3 Å². The van der Waals surface area contributed by atoms with E-state index >= 15 is 0 Å². The van der Waals surface area contributed by atoms with Gasteiger partial charge in [0.15, 0.2) is 0 Å². The summed E-state index contributed by atoms with van der Waals surface area (Å²) in [5.41, 5.74) is 0.928. The van der Waals surface area contributed by atoms with Crippen LogP contribution in [0.4, 0.5) is 8.78 Å². The van der Waals surface area contributed by atoms with Crippen LogP contribution in [0.2, 0.25) is 0 Å². The van der Waals surface area contributed by atoms with Gasteiger partial charge in [-0.1, -0.05) is 12.1 Å². The molecule has 0 radical (unpaired) electrons. The van der Waals surface area contributed by atoms with Gasteiger partial charge in [-0.3, -0.25) is 14.3 Å². The Morgan fingerprint density at radius 1 is 1.39 bits per heavy atom. The molecule has 2 atom stereocenters. The Kier molecular flexibility index (Phi) is 4.30. The van der Waals surface area contributed by atoms with Crippen molar-refractivity contribution in [2.75, 3.05) is 13.1 Å². The van der Waals surface area contributed by atoms with E-state index in [-0.39, 0.29) is 11.9 Å². The summed E-state index contributed by atoms with van der Waals surface area (Å²) >= 11 is 0. The monoisotopic (exact) mass is 323 g/mol. The van der Waals surface area contributed by atoms with E-state index < -0.39 is 18.4 Å². The van der Waals surface area contributed by atoms with Gasteiger partial charge in [0.2, 0.25) is 0 Å². The summed E-state index contributed by atoms with van der Waals surface area (Å²) in [6, 6.07) is 6.44. The highest BCUT2D eigenvalue weighted by atomic mass is 19.3. The quantitative estimate of drug-likeness (QED) is 0.938. The molecule has 1 N–H and O–H groups in total. The molecule has 7 heteroatoms. The molecular formula is C16H19F2N3O2. The van der Waals surface area contributed by atoms with Crippen molar-refractivity contribution in [3.8, 4) is 0 Å². The molecule has 0 saturated carbocycles. The molecule has 0 aliphatic carbocycles. The van der Waals surface area contributed by atoms with Crippen molar-refractivity contribution in [3.63, 3.8) is 0 Å². The maximum Gasteiger partial charge on any atom is 0.320 e. The lowest BCUT2D eigenvalue weighted by Gasteiger charge is -2.35. The SMILES string of the molecule is CC(c1nc2ccccc2n1C(F)F)N1CCCC(C(=O)O)C1. The Morgan fingerprint density at radius 3 is 2.83 bits per heavy atom. The van der Waals surface area contributed by atoms with Gasteiger partial charge >= 0.3 is 12.5 Å². The predicted octanol–water partition coefficient (Wildman–Crippen LogP) is 3.29. The van der Waals surface area contributed by atoms with Gasteiger partial charge < -0.3 is 5.11 Å². The van der Waals surface area contributed by atoms with Crippen LogP contribution in [0.15, 0.2) is 24.3 Å². The van der Waals surface area contributed by atoms with Crippen molar-refractivity contribution in [1.82, 2.24) is 14.5 Å². The number of carbonyl (C=O) groups is 1. The topological polar surface area (TPSA) is 58.4 Å². The average molecular weight is 323 g/mol. The van der Waals surface area contributed by atoms with Crippen LogP contribution in [-0.2, 0) is 4.79 Å². The molecule has 23 heavy (non-hydrogen) atoms. The number of hydrogen-bond acceptors (Lipinski definition) is 3. The predicted molar refractivity (Wildman–Crippen MR) is 81.3 cm³/mol. The number of benzene rings is 1. The van der Waals surface area contributed by atoms with Gasteiger partial charge in [-0.2, -0.15) is 8.78 Å². The highest BCUT2D eigenvalue weighted by Gasteiger charge is 2.31. The van der Waals surface area contributed by atoms with Gasteiger partial charge in [0.25, 0.3) is 0 Å². The van der Waals surface area contributed by atoms with Crippen molar-refractivity contribution < 1.29 is 18.7 Å². The molecule has 1 aromatic carbocycles. The third-order valence-corrected chi connectivity index (χ3v) is 4.54. The van der Waals surface area contributed by atoms with Crippen LogP contribution >= 0.6 is 0 Å². The first-order valence-electron chi connectivity index (χ1n) is 7.71. The number of nitrogens with zero attached hydrogens (tertiary/aromatic N) is 3. The third-order valence-electron chi connectivity index (χ3n) is 4.54. The van der Waals surface area contributed by atoms with Gasteiger partial charge in [0.1, 0.15) is 5.82 Å². The minimum Gasteiger partial charge on any atom is -0.481 e. The molecule has 2 heterocycles. The normalized spacial score (nSPS) is 21.0. The number of hydrogen-bond donors (Lipinski definition) is 1. The number of aliphatic carboxylic acids is 1. The van der Waals surface area contributed by atoms with Crippen molar-refractivity contribution in [1.29, 1.82) is 0 Å². The number of carboxylic acid groups (broad SMARTS) is 1.